The van der Waals surface area contributed by atoms with Gasteiger partial charge in [0.2, 0.25) is 0 Å². The maximum atomic E-state index is 12.6. The summed E-state index contributed by atoms with van der Waals surface area (Å²) >= 11 is 6.23. The fraction of sp³-hybridized carbons (Fsp3) is 0.381. The third-order valence-electron chi connectivity index (χ3n) is 5.36. The second-order valence-corrected chi connectivity index (χ2v) is 7.81. The van der Waals surface area contributed by atoms with E-state index in [-0.39, 0.29) is 6.03 Å². The molecule has 0 aliphatic carbocycles. The molecule has 2 aromatic heterocycles. The molecule has 1 aliphatic rings. The average molecular weight is 413 g/mol. The smallest absolute Gasteiger partial charge is 0.321 e. The normalized spacial score (nSPS) is 15.1. The highest BCUT2D eigenvalue weighted by Gasteiger charge is 2.22. The van der Waals surface area contributed by atoms with Crippen LogP contribution in [0.2, 0.25) is 5.02 Å². The lowest BCUT2D eigenvalue weighted by Crippen LogP contribution is -2.50. The van der Waals surface area contributed by atoms with Gasteiger partial charge in [-0.3, -0.25) is 4.90 Å². The number of carbonyl (C=O) groups is 1. The second kappa shape index (κ2) is 8.39. The Hall–Kier alpha value is -2.64. The van der Waals surface area contributed by atoms with Crippen LogP contribution in [0.15, 0.2) is 36.5 Å². The monoisotopic (exact) mass is 412 g/mol. The number of fused-ring (bicyclic) bond motifs is 1. The summed E-state index contributed by atoms with van der Waals surface area (Å²) in [5.41, 5.74) is 3.58. The van der Waals surface area contributed by atoms with Gasteiger partial charge in [-0.05, 0) is 43.7 Å². The summed E-state index contributed by atoms with van der Waals surface area (Å²) in [6, 6.07) is 9.44. The van der Waals surface area contributed by atoms with Crippen LogP contribution in [-0.4, -0.2) is 63.1 Å². The minimum absolute atomic E-state index is 0.101. The zero-order valence-corrected chi connectivity index (χ0v) is 17.5. The first-order valence-corrected chi connectivity index (χ1v) is 10.2. The van der Waals surface area contributed by atoms with Gasteiger partial charge in [0, 0.05) is 45.5 Å². The molecule has 0 atom stereocenters. The quantitative estimate of drug-likeness (QED) is 0.711. The van der Waals surface area contributed by atoms with Crippen molar-refractivity contribution < 1.29 is 4.79 Å². The Kier molecular flexibility index (Phi) is 5.69. The number of halogens is 1. The molecule has 0 spiro atoms. The highest BCUT2D eigenvalue weighted by molar-refractivity contribution is 6.33. The number of aromatic nitrogens is 3. The fourth-order valence-corrected chi connectivity index (χ4v) is 3.95. The van der Waals surface area contributed by atoms with Gasteiger partial charge in [-0.25, -0.2) is 14.8 Å². The molecule has 1 saturated heterocycles. The molecule has 0 radical (unpaired) electrons. The molecule has 1 aromatic carbocycles. The molecule has 1 aliphatic heterocycles. The predicted octanol–water partition coefficient (Wildman–Crippen LogP) is 3.55. The molecule has 7 nitrogen and oxygen atoms in total. The molecular formula is C21H25ClN6O. The molecule has 0 unspecified atom stereocenters. The van der Waals surface area contributed by atoms with Crippen molar-refractivity contribution >= 4 is 34.5 Å². The number of nitrogens with zero attached hydrogens (tertiary/aromatic N) is 5. The number of rotatable bonds is 4. The zero-order valence-electron chi connectivity index (χ0n) is 16.7. The molecule has 0 saturated carbocycles. The molecule has 1 N–H and O–H groups in total. The van der Waals surface area contributed by atoms with E-state index in [9.17, 15) is 4.79 Å². The van der Waals surface area contributed by atoms with Crippen LogP contribution in [-0.2, 0) is 6.54 Å². The van der Waals surface area contributed by atoms with Crippen LogP contribution < -0.4 is 5.32 Å². The first kappa shape index (κ1) is 19.7. The molecule has 8 heteroatoms. The van der Waals surface area contributed by atoms with Gasteiger partial charge in [0.1, 0.15) is 11.3 Å². The number of imidazole rings is 1. The fourth-order valence-electron chi connectivity index (χ4n) is 3.67. The van der Waals surface area contributed by atoms with Gasteiger partial charge in [0.05, 0.1) is 10.7 Å². The van der Waals surface area contributed by atoms with Crippen molar-refractivity contribution in [1.82, 2.24) is 24.3 Å². The van der Waals surface area contributed by atoms with E-state index in [0.29, 0.717) is 23.8 Å². The van der Waals surface area contributed by atoms with Gasteiger partial charge in [0.15, 0.2) is 5.65 Å². The van der Waals surface area contributed by atoms with Crippen molar-refractivity contribution in [2.45, 2.75) is 20.4 Å². The summed E-state index contributed by atoms with van der Waals surface area (Å²) in [6.07, 6.45) is 1.80. The van der Waals surface area contributed by atoms with Gasteiger partial charge in [-0.2, -0.15) is 0 Å². The van der Waals surface area contributed by atoms with Crippen LogP contribution in [0.5, 0.6) is 0 Å². The Balaban J connectivity index is 1.30. The van der Waals surface area contributed by atoms with Crippen molar-refractivity contribution in [2.75, 3.05) is 38.0 Å². The number of nitrogens with one attached hydrogen (secondary N) is 1. The first-order valence-electron chi connectivity index (χ1n) is 9.83. The molecule has 2 amide bonds. The number of piperazine rings is 1. The van der Waals surface area contributed by atoms with E-state index < -0.39 is 0 Å². The Morgan fingerprint density at radius 3 is 2.69 bits per heavy atom. The van der Waals surface area contributed by atoms with Crippen LogP contribution in [0.25, 0.3) is 11.2 Å². The van der Waals surface area contributed by atoms with Gasteiger partial charge in [-0.1, -0.05) is 17.7 Å². The summed E-state index contributed by atoms with van der Waals surface area (Å²) in [6.45, 7) is 8.80. The zero-order chi connectivity index (χ0) is 20.4. The van der Waals surface area contributed by atoms with Gasteiger partial charge in [-0.15, -0.1) is 0 Å². The van der Waals surface area contributed by atoms with E-state index in [4.69, 9.17) is 11.6 Å². The Bertz CT molecular complexity index is 1030. The van der Waals surface area contributed by atoms with E-state index in [1.54, 1.807) is 6.20 Å². The predicted molar refractivity (Wildman–Crippen MR) is 115 cm³/mol. The lowest BCUT2D eigenvalue weighted by molar-refractivity contribution is 0.144. The standard InChI is InChI=1S/C21H25ClN6O/c1-15-5-6-18(17(22)14-15)25-21(29)27-11-8-26(9-12-27)10-13-28-16(2)24-19-4-3-7-23-20(19)28/h3-7,14H,8-13H2,1-2H3,(H,25,29). The van der Waals surface area contributed by atoms with Gasteiger partial charge < -0.3 is 14.8 Å². The summed E-state index contributed by atoms with van der Waals surface area (Å²) in [4.78, 5) is 25.8. The lowest BCUT2D eigenvalue weighted by atomic mass is 10.2. The van der Waals surface area contributed by atoms with Crippen molar-refractivity contribution in [3.05, 3.63) is 52.9 Å². The maximum absolute atomic E-state index is 12.6. The number of hydrogen-bond acceptors (Lipinski definition) is 4. The summed E-state index contributed by atoms with van der Waals surface area (Å²) in [7, 11) is 0. The number of hydrogen-bond donors (Lipinski definition) is 1. The third-order valence-corrected chi connectivity index (χ3v) is 5.67. The molecule has 3 heterocycles. The van der Waals surface area contributed by atoms with Crippen molar-refractivity contribution in [3.63, 3.8) is 0 Å². The van der Waals surface area contributed by atoms with Crippen molar-refractivity contribution in [2.24, 2.45) is 0 Å². The summed E-state index contributed by atoms with van der Waals surface area (Å²) < 4.78 is 2.16. The maximum Gasteiger partial charge on any atom is 0.321 e. The van der Waals surface area contributed by atoms with Crippen molar-refractivity contribution in [3.8, 4) is 0 Å². The van der Waals surface area contributed by atoms with Crippen LogP contribution in [0.1, 0.15) is 11.4 Å². The number of aryl methyl sites for hydroxylation is 2. The number of benzene rings is 1. The third kappa shape index (κ3) is 4.36. The minimum atomic E-state index is -0.101. The van der Waals surface area contributed by atoms with Crippen LogP contribution >= 0.6 is 11.6 Å². The van der Waals surface area contributed by atoms with Crippen LogP contribution in [0.3, 0.4) is 0 Å². The average Bonchev–Trinajstić information content (AvgIpc) is 3.04. The molecule has 4 rings (SSSR count). The van der Waals surface area contributed by atoms with Crippen LogP contribution in [0, 0.1) is 13.8 Å². The highest BCUT2D eigenvalue weighted by Crippen LogP contribution is 2.23. The molecule has 3 aromatic rings. The van der Waals surface area contributed by atoms with Crippen molar-refractivity contribution in [1.29, 1.82) is 0 Å². The largest absolute Gasteiger partial charge is 0.322 e. The number of amides is 2. The molecular weight excluding hydrogens is 388 g/mol. The second-order valence-electron chi connectivity index (χ2n) is 7.40. The van der Waals surface area contributed by atoms with E-state index in [0.717, 1.165) is 48.7 Å². The minimum Gasteiger partial charge on any atom is -0.322 e. The number of carbonyl (C=O) groups excluding carboxylic acids is 1. The first-order chi connectivity index (χ1) is 14.0. The molecule has 29 heavy (non-hydrogen) atoms. The molecule has 0 bridgehead atoms. The molecule has 152 valence electrons. The lowest BCUT2D eigenvalue weighted by Gasteiger charge is -2.34. The summed E-state index contributed by atoms with van der Waals surface area (Å²) in [5, 5.41) is 3.48. The van der Waals surface area contributed by atoms with E-state index in [1.807, 2.05) is 49.1 Å². The summed E-state index contributed by atoms with van der Waals surface area (Å²) in [5.74, 6) is 0.978. The Morgan fingerprint density at radius 2 is 1.93 bits per heavy atom. The number of pyridine rings is 1. The SMILES string of the molecule is Cc1ccc(NC(=O)N2CCN(CCn3c(C)nc4cccnc43)CC2)c(Cl)c1. The van der Waals surface area contributed by atoms with E-state index in [2.05, 4.69) is 24.8 Å². The van der Waals surface area contributed by atoms with E-state index >= 15 is 0 Å². The topological polar surface area (TPSA) is 66.3 Å². The van der Waals surface area contributed by atoms with Crippen LogP contribution in [0.4, 0.5) is 10.5 Å². The number of anilines is 1. The van der Waals surface area contributed by atoms with Gasteiger partial charge >= 0.3 is 6.03 Å². The van der Waals surface area contributed by atoms with E-state index in [1.165, 1.54) is 0 Å². The Labute approximate surface area is 175 Å². The number of urea groups is 1. The molecule has 1 fully saturated rings. The van der Waals surface area contributed by atoms with Gasteiger partial charge in [0.25, 0.3) is 0 Å². The highest BCUT2D eigenvalue weighted by atomic mass is 35.5. The Morgan fingerprint density at radius 1 is 1.14 bits per heavy atom.